The molecule has 4 nitrogen and oxygen atoms in total. The second-order valence-electron chi connectivity index (χ2n) is 5.67. The predicted octanol–water partition coefficient (Wildman–Crippen LogP) is 0.623. The Balaban J connectivity index is 2.66. The highest BCUT2D eigenvalue weighted by atomic mass is 32.2. The Morgan fingerprint density at radius 1 is 1.38 bits per heavy atom. The number of rotatable bonds is 3. The number of nitrogens with two attached hydrogens (primary N) is 1. The second kappa shape index (κ2) is 5.02. The summed E-state index contributed by atoms with van der Waals surface area (Å²) < 4.78 is 23.2. The Hall–Kier alpha value is -0.130. The minimum absolute atomic E-state index is 0.211. The van der Waals surface area contributed by atoms with Gasteiger partial charge in [-0.15, -0.1) is 0 Å². The molecule has 0 aliphatic carbocycles. The van der Waals surface area contributed by atoms with E-state index in [-0.39, 0.29) is 10.8 Å². The van der Waals surface area contributed by atoms with Crippen LogP contribution in [0.4, 0.5) is 0 Å². The molecular weight excluding hydrogens is 224 g/mol. The van der Waals surface area contributed by atoms with Gasteiger partial charge in [0.25, 0.3) is 0 Å². The number of sulfone groups is 1. The molecule has 0 aromatic heterocycles. The zero-order chi connectivity index (χ0) is 12.4. The zero-order valence-corrected chi connectivity index (χ0v) is 11.4. The van der Waals surface area contributed by atoms with Crippen molar-refractivity contribution < 1.29 is 8.42 Å². The van der Waals surface area contributed by atoms with Gasteiger partial charge in [0.2, 0.25) is 0 Å². The van der Waals surface area contributed by atoms with E-state index in [4.69, 9.17) is 5.73 Å². The van der Waals surface area contributed by atoms with Crippen molar-refractivity contribution in [2.45, 2.75) is 43.9 Å². The summed E-state index contributed by atoms with van der Waals surface area (Å²) in [4.78, 5) is 2.19. The van der Waals surface area contributed by atoms with Crippen molar-refractivity contribution in [3.05, 3.63) is 0 Å². The van der Waals surface area contributed by atoms with Gasteiger partial charge < -0.3 is 10.6 Å². The van der Waals surface area contributed by atoms with E-state index in [1.165, 1.54) is 6.26 Å². The van der Waals surface area contributed by atoms with Crippen LogP contribution in [0.1, 0.15) is 33.1 Å². The number of nitrogens with zero attached hydrogens (tertiary/aromatic N) is 1. The van der Waals surface area contributed by atoms with Crippen molar-refractivity contribution in [3.63, 3.8) is 0 Å². The SMILES string of the molecule is CC(C)(N)CN1CCCCC(S(C)(=O)=O)C1. The van der Waals surface area contributed by atoms with Crippen molar-refractivity contribution >= 4 is 9.84 Å². The van der Waals surface area contributed by atoms with E-state index in [1.54, 1.807) is 0 Å². The van der Waals surface area contributed by atoms with E-state index in [0.29, 0.717) is 6.54 Å². The van der Waals surface area contributed by atoms with Crippen molar-refractivity contribution in [2.75, 3.05) is 25.9 Å². The van der Waals surface area contributed by atoms with Crippen LogP contribution in [-0.2, 0) is 9.84 Å². The van der Waals surface area contributed by atoms with Gasteiger partial charge in [0.05, 0.1) is 5.25 Å². The zero-order valence-electron chi connectivity index (χ0n) is 10.6. The summed E-state index contributed by atoms with van der Waals surface area (Å²) in [6.07, 6.45) is 4.20. The molecule has 0 aromatic rings. The molecule has 5 heteroatoms. The van der Waals surface area contributed by atoms with Crippen molar-refractivity contribution in [1.82, 2.24) is 4.90 Å². The van der Waals surface area contributed by atoms with Gasteiger partial charge in [-0.05, 0) is 33.2 Å². The van der Waals surface area contributed by atoms with Crippen molar-refractivity contribution in [2.24, 2.45) is 5.73 Å². The molecule has 1 fully saturated rings. The summed E-state index contributed by atoms with van der Waals surface area (Å²) in [7, 11) is -2.92. The van der Waals surface area contributed by atoms with E-state index in [9.17, 15) is 8.42 Å². The first-order chi connectivity index (χ1) is 7.18. The molecule has 0 aromatic carbocycles. The molecule has 1 unspecified atom stereocenters. The van der Waals surface area contributed by atoms with Gasteiger partial charge in [0, 0.05) is 24.9 Å². The van der Waals surface area contributed by atoms with Gasteiger partial charge in [-0.3, -0.25) is 0 Å². The third kappa shape index (κ3) is 4.80. The van der Waals surface area contributed by atoms with Crippen LogP contribution >= 0.6 is 0 Å². The molecule has 96 valence electrons. The molecule has 2 N–H and O–H groups in total. The third-order valence-electron chi connectivity index (χ3n) is 2.95. The summed E-state index contributed by atoms with van der Waals surface area (Å²) in [5.74, 6) is 0. The highest BCUT2D eigenvalue weighted by Gasteiger charge is 2.27. The number of likely N-dealkylation sites (tertiary alicyclic amines) is 1. The van der Waals surface area contributed by atoms with Gasteiger partial charge in [-0.25, -0.2) is 8.42 Å². The van der Waals surface area contributed by atoms with Crippen molar-refractivity contribution in [1.29, 1.82) is 0 Å². The van der Waals surface area contributed by atoms with Gasteiger partial charge in [0.1, 0.15) is 0 Å². The van der Waals surface area contributed by atoms with Gasteiger partial charge in [-0.2, -0.15) is 0 Å². The molecule has 1 heterocycles. The van der Waals surface area contributed by atoms with Crippen LogP contribution in [0.15, 0.2) is 0 Å². The fourth-order valence-electron chi connectivity index (χ4n) is 2.25. The lowest BCUT2D eigenvalue weighted by Gasteiger charge is -2.30. The van der Waals surface area contributed by atoms with Crippen LogP contribution in [0.3, 0.4) is 0 Å². The standard InChI is InChI=1S/C11H24N2O2S/c1-11(2,12)9-13-7-5-4-6-10(8-13)16(3,14)15/h10H,4-9,12H2,1-3H3. The Bertz CT molecular complexity index is 319. The van der Waals surface area contributed by atoms with Crippen LogP contribution in [0.25, 0.3) is 0 Å². The molecule has 1 saturated heterocycles. The predicted molar refractivity (Wildman–Crippen MR) is 67.2 cm³/mol. The molecule has 0 bridgehead atoms. The lowest BCUT2D eigenvalue weighted by Crippen LogP contribution is -2.47. The maximum Gasteiger partial charge on any atom is 0.151 e. The average Bonchev–Trinajstić information content (AvgIpc) is 2.25. The monoisotopic (exact) mass is 248 g/mol. The maximum atomic E-state index is 11.6. The quantitative estimate of drug-likeness (QED) is 0.795. The van der Waals surface area contributed by atoms with Crippen LogP contribution < -0.4 is 5.73 Å². The topological polar surface area (TPSA) is 63.4 Å². The smallest absolute Gasteiger partial charge is 0.151 e. The van der Waals surface area contributed by atoms with E-state index in [2.05, 4.69) is 4.90 Å². The lowest BCUT2D eigenvalue weighted by molar-refractivity contribution is 0.234. The molecular formula is C11H24N2O2S. The first kappa shape index (κ1) is 13.9. The molecule has 0 saturated carbocycles. The first-order valence-electron chi connectivity index (χ1n) is 5.88. The largest absolute Gasteiger partial charge is 0.324 e. The maximum absolute atomic E-state index is 11.6. The van der Waals surface area contributed by atoms with Crippen LogP contribution in [0, 0.1) is 0 Å². The summed E-state index contributed by atoms with van der Waals surface area (Å²) in [6.45, 7) is 6.33. The Morgan fingerprint density at radius 2 is 2.00 bits per heavy atom. The summed E-state index contributed by atoms with van der Waals surface area (Å²) in [6, 6.07) is 0. The summed E-state index contributed by atoms with van der Waals surface area (Å²) in [5, 5.41) is -0.211. The molecule has 16 heavy (non-hydrogen) atoms. The van der Waals surface area contributed by atoms with E-state index >= 15 is 0 Å². The van der Waals surface area contributed by atoms with Gasteiger partial charge in [0.15, 0.2) is 9.84 Å². The minimum Gasteiger partial charge on any atom is -0.324 e. The second-order valence-corrected chi connectivity index (χ2v) is 8.00. The lowest BCUT2D eigenvalue weighted by atomic mass is 10.1. The van der Waals surface area contributed by atoms with Gasteiger partial charge >= 0.3 is 0 Å². The summed E-state index contributed by atoms with van der Waals surface area (Å²) >= 11 is 0. The minimum atomic E-state index is -2.92. The molecule has 1 aliphatic heterocycles. The van der Waals surface area contributed by atoms with Crippen molar-refractivity contribution in [3.8, 4) is 0 Å². The number of hydrogen-bond acceptors (Lipinski definition) is 4. The van der Waals surface area contributed by atoms with Gasteiger partial charge in [-0.1, -0.05) is 6.42 Å². The van der Waals surface area contributed by atoms with E-state index in [1.807, 2.05) is 13.8 Å². The normalized spacial score (nSPS) is 25.4. The van der Waals surface area contributed by atoms with Crippen LogP contribution in [-0.4, -0.2) is 50.0 Å². The average molecular weight is 248 g/mol. The van der Waals surface area contributed by atoms with E-state index < -0.39 is 9.84 Å². The highest BCUT2D eigenvalue weighted by molar-refractivity contribution is 7.91. The number of hydrogen-bond donors (Lipinski definition) is 1. The Kier molecular flexibility index (Phi) is 4.37. The fraction of sp³-hybridized carbons (Fsp3) is 1.00. The van der Waals surface area contributed by atoms with Crippen LogP contribution in [0.2, 0.25) is 0 Å². The molecule has 1 aliphatic rings. The molecule has 0 amide bonds. The van der Waals surface area contributed by atoms with E-state index in [0.717, 1.165) is 32.4 Å². The molecule has 0 radical (unpaired) electrons. The highest BCUT2D eigenvalue weighted by Crippen LogP contribution is 2.17. The van der Waals surface area contributed by atoms with Crippen LogP contribution in [0.5, 0.6) is 0 Å². The molecule has 0 spiro atoms. The Labute approximate surface area is 99.1 Å². The molecule has 1 atom stereocenters. The summed E-state index contributed by atoms with van der Waals surface area (Å²) in [5.41, 5.74) is 5.72. The first-order valence-corrected chi connectivity index (χ1v) is 7.84. The fourth-order valence-corrected chi connectivity index (χ4v) is 3.32. The third-order valence-corrected chi connectivity index (χ3v) is 4.54. The molecule has 1 rings (SSSR count). The Morgan fingerprint density at radius 3 is 2.50 bits per heavy atom.